The standard InChI is InChI=1S/C16H26N4O5/c1-23-10-11-25-16-15(20(21)22)12-19(17-16)14-4-2-13(3-5-14)18-6-8-24-9-7-18/h12-14H,2-11H2,1H3/t13-,14-. The van der Waals surface area contributed by atoms with Gasteiger partial charge in [-0.3, -0.25) is 19.7 Å². The van der Waals surface area contributed by atoms with Gasteiger partial charge in [-0.25, -0.2) is 0 Å². The molecule has 2 fully saturated rings. The van der Waals surface area contributed by atoms with Crippen molar-refractivity contribution in [1.82, 2.24) is 14.7 Å². The van der Waals surface area contributed by atoms with E-state index in [1.807, 2.05) is 0 Å². The second kappa shape index (κ2) is 8.59. The van der Waals surface area contributed by atoms with E-state index < -0.39 is 4.92 Å². The maximum Gasteiger partial charge on any atom is 0.350 e. The number of hydrogen-bond donors (Lipinski definition) is 0. The van der Waals surface area contributed by atoms with Gasteiger partial charge in [0.2, 0.25) is 0 Å². The molecule has 2 heterocycles. The molecule has 0 N–H and O–H groups in total. The Hall–Kier alpha value is -1.71. The number of nitrogens with zero attached hydrogens (tertiary/aromatic N) is 4. The van der Waals surface area contributed by atoms with Crippen molar-refractivity contribution in [3.8, 4) is 5.88 Å². The summed E-state index contributed by atoms with van der Waals surface area (Å²) >= 11 is 0. The van der Waals surface area contributed by atoms with Gasteiger partial charge in [0.25, 0.3) is 0 Å². The van der Waals surface area contributed by atoms with Gasteiger partial charge < -0.3 is 14.2 Å². The third kappa shape index (κ3) is 4.47. The summed E-state index contributed by atoms with van der Waals surface area (Å²) in [7, 11) is 1.56. The molecule has 3 rings (SSSR count). The monoisotopic (exact) mass is 354 g/mol. The van der Waals surface area contributed by atoms with Crippen molar-refractivity contribution in [3.63, 3.8) is 0 Å². The molecule has 1 saturated heterocycles. The lowest BCUT2D eigenvalue weighted by Gasteiger charge is -2.38. The summed E-state index contributed by atoms with van der Waals surface area (Å²) in [5.74, 6) is 0.0809. The van der Waals surface area contributed by atoms with Crippen LogP contribution in [0.5, 0.6) is 5.88 Å². The molecule has 25 heavy (non-hydrogen) atoms. The van der Waals surface area contributed by atoms with E-state index in [1.54, 1.807) is 11.8 Å². The zero-order valence-electron chi connectivity index (χ0n) is 14.6. The molecule has 1 aromatic rings. The van der Waals surface area contributed by atoms with Crippen molar-refractivity contribution in [2.24, 2.45) is 0 Å². The number of nitro groups is 1. The minimum Gasteiger partial charge on any atom is -0.469 e. The van der Waals surface area contributed by atoms with Gasteiger partial charge in [-0.05, 0) is 25.7 Å². The van der Waals surface area contributed by atoms with Gasteiger partial charge in [-0.2, -0.15) is 0 Å². The van der Waals surface area contributed by atoms with E-state index in [0.717, 1.165) is 52.0 Å². The molecule has 0 aromatic carbocycles. The van der Waals surface area contributed by atoms with Crippen LogP contribution in [0.1, 0.15) is 31.7 Å². The van der Waals surface area contributed by atoms with Gasteiger partial charge in [0, 0.05) is 26.2 Å². The molecule has 9 nitrogen and oxygen atoms in total. The first-order valence-electron chi connectivity index (χ1n) is 8.86. The number of ether oxygens (including phenoxy) is 3. The Kier molecular flexibility index (Phi) is 6.22. The Labute approximate surface area is 147 Å². The van der Waals surface area contributed by atoms with Crippen LogP contribution >= 0.6 is 0 Å². The van der Waals surface area contributed by atoms with Crippen molar-refractivity contribution >= 4 is 5.69 Å². The molecule has 1 aliphatic carbocycles. The second-order valence-electron chi connectivity index (χ2n) is 6.51. The van der Waals surface area contributed by atoms with E-state index in [2.05, 4.69) is 10.00 Å². The molecule has 0 atom stereocenters. The molecule has 140 valence electrons. The van der Waals surface area contributed by atoms with Crippen LogP contribution in [0.4, 0.5) is 5.69 Å². The lowest BCUT2D eigenvalue weighted by molar-refractivity contribution is -0.386. The van der Waals surface area contributed by atoms with Crippen LogP contribution in [-0.2, 0) is 9.47 Å². The fourth-order valence-electron chi connectivity index (χ4n) is 3.63. The minimum atomic E-state index is -0.439. The Morgan fingerprint density at radius 2 is 1.92 bits per heavy atom. The van der Waals surface area contributed by atoms with Gasteiger partial charge in [0.1, 0.15) is 12.8 Å². The number of aromatic nitrogens is 2. The molecular formula is C16H26N4O5. The molecule has 1 saturated carbocycles. The summed E-state index contributed by atoms with van der Waals surface area (Å²) in [6.07, 6.45) is 5.61. The van der Waals surface area contributed by atoms with E-state index in [9.17, 15) is 10.1 Å². The first-order valence-corrected chi connectivity index (χ1v) is 8.86. The number of methoxy groups -OCH3 is 1. The fourth-order valence-corrected chi connectivity index (χ4v) is 3.63. The molecule has 0 amide bonds. The average Bonchev–Trinajstić information content (AvgIpc) is 3.07. The quantitative estimate of drug-likeness (QED) is 0.417. The largest absolute Gasteiger partial charge is 0.469 e. The lowest BCUT2D eigenvalue weighted by Crippen LogP contribution is -2.45. The van der Waals surface area contributed by atoms with Crippen LogP contribution < -0.4 is 4.74 Å². The van der Waals surface area contributed by atoms with Crippen molar-refractivity contribution in [2.45, 2.75) is 37.8 Å². The highest BCUT2D eigenvalue weighted by Gasteiger charge is 2.30. The summed E-state index contributed by atoms with van der Waals surface area (Å²) < 4.78 is 17.5. The van der Waals surface area contributed by atoms with Gasteiger partial charge in [-0.15, -0.1) is 5.10 Å². The summed E-state index contributed by atoms with van der Waals surface area (Å²) in [6.45, 7) is 4.24. The molecule has 1 aliphatic heterocycles. The summed E-state index contributed by atoms with van der Waals surface area (Å²) in [5.41, 5.74) is -0.0774. The zero-order valence-corrected chi connectivity index (χ0v) is 14.6. The predicted molar refractivity (Wildman–Crippen MR) is 89.9 cm³/mol. The van der Waals surface area contributed by atoms with Gasteiger partial charge in [-0.1, -0.05) is 0 Å². The van der Waals surface area contributed by atoms with E-state index in [1.165, 1.54) is 6.20 Å². The molecule has 0 unspecified atom stereocenters. The SMILES string of the molecule is COCCOc1nn([C@H]2CC[C@H](N3CCOCC3)CC2)cc1[N+](=O)[O-]. The van der Waals surface area contributed by atoms with Crippen molar-refractivity contribution < 1.29 is 19.1 Å². The first-order chi connectivity index (χ1) is 12.2. The Bertz CT molecular complexity index is 565. The Balaban J connectivity index is 1.60. The van der Waals surface area contributed by atoms with Gasteiger partial charge >= 0.3 is 11.6 Å². The van der Waals surface area contributed by atoms with Gasteiger partial charge in [0.05, 0.1) is 30.8 Å². The zero-order chi connectivity index (χ0) is 17.6. The first kappa shape index (κ1) is 18.1. The summed E-state index contributed by atoms with van der Waals surface area (Å²) in [5, 5.41) is 15.6. The molecular weight excluding hydrogens is 328 g/mol. The van der Waals surface area contributed by atoms with Crippen LogP contribution in [0.25, 0.3) is 0 Å². The second-order valence-corrected chi connectivity index (χ2v) is 6.51. The van der Waals surface area contributed by atoms with E-state index in [0.29, 0.717) is 12.6 Å². The van der Waals surface area contributed by atoms with Crippen LogP contribution in [-0.4, -0.2) is 72.3 Å². The third-order valence-electron chi connectivity index (χ3n) is 5.01. The highest BCUT2D eigenvalue weighted by Crippen LogP contribution is 2.34. The number of morpholine rings is 1. The smallest absolute Gasteiger partial charge is 0.350 e. The topological polar surface area (TPSA) is 91.9 Å². The molecule has 0 spiro atoms. The molecule has 0 bridgehead atoms. The predicted octanol–water partition coefficient (Wildman–Crippen LogP) is 1.63. The number of rotatable bonds is 7. The normalized spacial score (nSPS) is 25.0. The van der Waals surface area contributed by atoms with Gasteiger partial charge in [0.15, 0.2) is 0 Å². The molecule has 2 aliphatic rings. The maximum atomic E-state index is 11.2. The molecule has 9 heteroatoms. The highest BCUT2D eigenvalue weighted by atomic mass is 16.6. The van der Waals surface area contributed by atoms with E-state index in [4.69, 9.17) is 14.2 Å². The number of hydrogen-bond acceptors (Lipinski definition) is 7. The third-order valence-corrected chi connectivity index (χ3v) is 5.01. The summed E-state index contributed by atoms with van der Waals surface area (Å²) in [4.78, 5) is 13.3. The van der Waals surface area contributed by atoms with Crippen LogP contribution in [0.3, 0.4) is 0 Å². The lowest BCUT2D eigenvalue weighted by atomic mass is 9.90. The van der Waals surface area contributed by atoms with Crippen molar-refractivity contribution in [2.75, 3.05) is 46.6 Å². The van der Waals surface area contributed by atoms with Crippen LogP contribution in [0, 0.1) is 10.1 Å². The average molecular weight is 354 g/mol. The minimum absolute atomic E-state index is 0.0774. The summed E-state index contributed by atoms with van der Waals surface area (Å²) in [6, 6.07) is 0.777. The fraction of sp³-hybridized carbons (Fsp3) is 0.812. The Morgan fingerprint density at radius 3 is 2.56 bits per heavy atom. The van der Waals surface area contributed by atoms with E-state index >= 15 is 0 Å². The van der Waals surface area contributed by atoms with Crippen molar-refractivity contribution in [1.29, 1.82) is 0 Å². The van der Waals surface area contributed by atoms with E-state index in [-0.39, 0.29) is 24.2 Å². The molecule has 0 radical (unpaired) electrons. The highest BCUT2D eigenvalue weighted by molar-refractivity contribution is 5.38. The maximum absolute atomic E-state index is 11.2. The van der Waals surface area contributed by atoms with Crippen LogP contribution in [0.2, 0.25) is 0 Å². The Morgan fingerprint density at radius 1 is 1.24 bits per heavy atom. The molecule has 1 aromatic heterocycles. The van der Waals surface area contributed by atoms with Crippen molar-refractivity contribution in [3.05, 3.63) is 16.3 Å². The van der Waals surface area contributed by atoms with Crippen LogP contribution in [0.15, 0.2) is 6.20 Å².